The van der Waals surface area contributed by atoms with Crippen molar-refractivity contribution in [3.8, 4) is 0 Å². The Kier molecular flexibility index (Phi) is 5.30. The smallest absolute Gasteiger partial charge is 0.187 e. The molecular weight excluding hydrogens is 288 g/mol. The zero-order valence-electron chi connectivity index (χ0n) is 11.0. The summed E-state index contributed by atoms with van der Waals surface area (Å²) in [5.74, 6) is 0. The van der Waals surface area contributed by atoms with Gasteiger partial charge in [0.05, 0.1) is 6.61 Å². The van der Waals surface area contributed by atoms with Crippen molar-refractivity contribution in [3.63, 3.8) is 0 Å². The SMILES string of the molecule is OC[C@H]1O[C@@H](O[C@@H]2[C@@H](O)[C@@H](O)C=C[C@H]2O)[C@H](O)[C@@H](O)[C@@H]1O. The highest BCUT2D eigenvalue weighted by Gasteiger charge is 2.47. The van der Waals surface area contributed by atoms with Crippen LogP contribution < -0.4 is 0 Å². The van der Waals surface area contributed by atoms with Gasteiger partial charge in [-0.15, -0.1) is 0 Å². The van der Waals surface area contributed by atoms with Crippen LogP contribution in [-0.2, 0) is 9.47 Å². The summed E-state index contributed by atoms with van der Waals surface area (Å²) >= 11 is 0. The van der Waals surface area contributed by atoms with Crippen molar-refractivity contribution >= 4 is 0 Å². The quantitative estimate of drug-likeness (QED) is 0.257. The summed E-state index contributed by atoms with van der Waals surface area (Å²) < 4.78 is 10.3. The summed E-state index contributed by atoms with van der Waals surface area (Å²) in [6, 6.07) is 0. The van der Waals surface area contributed by atoms with Crippen LogP contribution in [0, 0.1) is 0 Å². The lowest BCUT2D eigenvalue weighted by Crippen LogP contribution is -2.61. The van der Waals surface area contributed by atoms with E-state index in [0.717, 1.165) is 0 Å². The van der Waals surface area contributed by atoms with E-state index < -0.39 is 61.7 Å². The Labute approximate surface area is 120 Å². The van der Waals surface area contributed by atoms with E-state index in [4.69, 9.17) is 14.6 Å². The van der Waals surface area contributed by atoms with Crippen molar-refractivity contribution in [1.29, 1.82) is 0 Å². The van der Waals surface area contributed by atoms with Gasteiger partial charge in [0.15, 0.2) is 6.29 Å². The topological polar surface area (TPSA) is 160 Å². The fourth-order valence-electron chi connectivity index (χ4n) is 2.34. The zero-order chi connectivity index (χ0) is 15.7. The van der Waals surface area contributed by atoms with Crippen LogP contribution >= 0.6 is 0 Å². The largest absolute Gasteiger partial charge is 0.394 e. The van der Waals surface area contributed by atoms with Crippen LogP contribution in [0.4, 0.5) is 0 Å². The molecule has 1 aliphatic carbocycles. The van der Waals surface area contributed by atoms with Crippen molar-refractivity contribution in [2.75, 3.05) is 6.61 Å². The van der Waals surface area contributed by atoms with Crippen molar-refractivity contribution < 1.29 is 45.2 Å². The van der Waals surface area contributed by atoms with E-state index in [-0.39, 0.29) is 0 Å². The lowest BCUT2D eigenvalue weighted by atomic mass is 9.95. The Hall–Kier alpha value is -0.620. The Morgan fingerprint density at radius 1 is 0.810 bits per heavy atom. The summed E-state index contributed by atoms with van der Waals surface area (Å²) in [7, 11) is 0. The molecular formula is C12H20O9. The predicted octanol–water partition coefficient (Wildman–Crippen LogP) is -4.18. The third-order valence-electron chi connectivity index (χ3n) is 3.67. The molecule has 0 aromatic carbocycles. The number of hydrogen-bond donors (Lipinski definition) is 7. The third kappa shape index (κ3) is 3.26. The van der Waals surface area contributed by atoms with Gasteiger partial charge in [-0.3, -0.25) is 0 Å². The number of aliphatic hydroxyl groups excluding tert-OH is 7. The molecule has 7 N–H and O–H groups in total. The maximum absolute atomic E-state index is 9.80. The molecule has 1 saturated heterocycles. The van der Waals surface area contributed by atoms with Gasteiger partial charge in [-0.1, -0.05) is 12.2 Å². The van der Waals surface area contributed by atoms with Gasteiger partial charge < -0.3 is 45.2 Å². The van der Waals surface area contributed by atoms with E-state index in [1.54, 1.807) is 0 Å². The minimum atomic E-state index is -1.65. The van der Waals surface area contributed by atoms with E-state index in [1.165, 1.54) is 12.2 Å². The fraction of sp³-hybridized carbons (Fsp3) is 0.833. The molecule has 21 heavy (non-hydrogen) atoms. The van der Waals surface area contributed by atoms with Crippen molar-refractivity contribution in [1.82, 2.24) is 0 Å². The van der Waals surface area contributed by atoms with E-state index >= 15 is 0 Å². The molecule has 9 nitrogen and oxygen atoms in total. The van der Waals surface area contributed by atoms with Crippen molar-refractivity contribution in [2.45, 2.75) is 55.1 Å². The van der Waals surface area contributed by atoms with Gasteiger partial charge in [-0.2, -0.15) is 0 Å². The first-order valence-electron chi connectivity index (χ1n) is 6.55. The van der Waals surface area contributed by atoms with Crippen LogP contribution in [0.1, 0.15) is 0 Å². The maximum atomic E-state index is 9.80. The van der Waals surface area contributed by atoms with E-state index in [2.05, 4.69) is 0 Å². The van der Waals surface area contributed by atoms with Crippen molar-refractivity contribution in [3.05, 3.63) is 12.2 Å². The lowest BCUT2D eigenvalue weighted by Gasteiger charge is -2.42. The molecule has 2 aliphatic rings. The van der Waals surface area contributed by atoms with Gasteiger partial charge in [0, 0.05) is 0 Å². The molecule has 9 atom stereocenters. The molecule has 1 aliphatic heterocycles. The summed E-state index contributed by atoms with van der Waals surface area (Å²) in [6.07, 6.45) is -10.3. The normalized spacial score (nSPS) is 51.1. The highest BCUT2D eigenvalue weighted by Crippen LogP contribution is 2.26. The lowest BCUT2D eigenvalue weighted by molar-refractivity contribution is -0.324. The van der Waals surface area contributed by atoms with Crippen molar-refractivity contribution in [2.24, 2.45) is 0 Å². The third-order valence-corrected chi connectivity index (χ3v) is 3.67. The molecule has 0 saturated carbocycles. The summed E-state index contributed by atoms with van der Waals surface area (Å²) in [6.45, 7) is -0.622. The van der Waals surface area contributed by atoms with E-state index in [9.17, 15) is 30.6 Å². The van der Waals surface area contributed by atoms with Gasteiger partial charge in [-0.05, 0) is 0 Å². The van der Waals surface area contributed by atoms with Crippen LogP contribution in [0.5, 0.6) is 0 Å². The van der Waals surface area contributed by atoms with Gasteiger partial charge in [0.1, 0.15) is 48.8 Å². The molecule has 0 radical (unpaired) electrons. The second-order valence-electron chi connectivity index (χ2n) is 5.15. The summed E-state index contributed by atoms with van der Waals surface area (Å²) in [5, 5.41) is 67.1. The molecule has 0 amide bonds. The Morgan fingerprint density at radius 3 is 2.05 bits per heavy atom. The number of aliphatic hydroxyl groups is 7. The minimum absolute atomic E-state index is 0.622. The van der Waals surface area contributed by atoms with E-state index in [0.29, 0.717) is 0 Å². The number of ether oxygens (including phenoxy) is 2. The Morgan fingerprint density at radius 2 is 1.43 bits per heavy atom. The predicted molar refractivity (Wildman–Crippen MR) is 65.8 cm³/mol. The molecule has 1 heterocycles. The molecule has 0 spiro atoms. The first-order chi connectivity index (χ1) is 9.86. The van der Waals surface area contributed by atoms with Gasteiger partial charge >= 0.3 is 0 Å². The van der Waals surface area contributed by atoms with Gasteiger partial charge in [0.25, 0.3) is 0 Å². The molecule has 0 aromatic heterocycles. The average molecular weight is 308 g/mol. The number of hydrogen-bond acceptors (Lipinski definition) is 9. The highest BCUT2D eigenvalue weighted by atomic mass is 16.7. The standard InChI is InChI=1S/C12H20O9/c13-3-6-8(17)9(18)10(19)12(20-6)21-11-5(15)2-1-4(14)7(11)16/h1-2,4-19H,3H2/t4-,5+,6+,7-,8+,9-,10+,11-,12-/m0/s1. The molecule has 0 bridgehead atoms. The molecule has 9 heteroatoms. The second kappa shape index (κ2) is 6.65. The average Bonchev–Trinajstić information content (AvgIpc) is 2.47. The van der Waals surface area contributed by atoms with Crippen LogP contribution in [0.2, 0.25) is 0 Å². The molecule has 0 aromatic rings. The zero-order valence-corrected chi connectivity index (χ0v) is 11.0. The summed E-state index contributed by atoms with van der Waals surface area (Å²) in [4.78, 5) is 0. The monoisotopic (exact) mass is 308 g/mol. The second-order valence-corrected chi connectivity index (χ2v) is 5.15. The number of rotatable bonds is 3. The first-order valence-corrected chi connectivity index (χ1v) is 6.55. The van der Waals surface area contributed by atoms with Crippen LogP contribution in [0.3, 0.4) is 0 Å². The van der Waals surface area contributed by atoms with Crippen LogP contribution in [-0.4, -0.2) is 97.5 Å². The van der Waals surface area contributed by atoms with Gasteiger partial charge in [-0.25, -0.2) is 0 Å². The molecule has 1 fully saturated rings. The fourth-order valence-corrected chi connectivity index (χ4v) is 2.34. The van der Waals surface area contributed by atoms with Crippen LogP contribution in [0.25, 0.3) is 0 Å². The Bertz CT molecular complexity index is 374. The Balaban J connectivity index is 2.09. The molecule has 2 rings (SSSR count). The van der Waals surface area contributed by atoms with Gasteiger partial charge in [0.2, 0.25) is 0 Å². The van der Waals surface area contributed by atoms with E-state index in [1.807, 2.05) is 0 Å². The summed E-state index contributed by atoms with van der Waals surface area (Å²) in [5.41, 5.74) is 0. The molecule has 0 unspecified atom stereocenters. The van der Waals surface area contributed by atoms with Crippen LogP contribution in [0.15, 0.2) is 12.2 Å². The maximum Gasteiger partial charge on any atom is 0.187 e. The molecule has 122 valence electrons. The first kappa shape index (κ1) is 16.7. The minimum Gasteiger partial charge on any atom is -0.394 e. The highest BCUT2D eigenvalue weighted by molar-refractivity contribution is 5.08.